The molecule has 5 aromatic carbocycles. The number of anilines is 3. The molecular weight excluding hydrogens is 600 g/mol. The van der Waals surface area contributed by atoms with Gasteiger partial charge in [0.2, 0.25) is 0 Å². The molecule has 7 aromatic rings. The van der Waals surface area contributed by atoms with Crippen LogP contribution in [0.1, 0.15) is 5.56 Å². The Balaban J connectivity index is 1.36. The Kier molecular flexibility index (Phi) is 6.56. The molecule has 2 aromatic heterocycles. The Morgan fingerprint density at radius 3 is 1.33 bits per heavy atom. The van der Waals surface area contributed by atoms with Crippen molar-refractivity contribution in [1.82, 2.24) is 19.9 Å². The molecule has 2 aliphatic rings. The molecule has 2 unspecified atom stereocenters. The zero-order valence-corrected chi connectivity index (χ0v) is 26.8. The molecule has 0 bridgehead atoms. The van der Waals surface area contributed by atoms with E-state index in [4.69, 9.17) is 0 Å². The highest BCUT2D eigenvalue weighted by atomic mass is 31.1. The van der Waals surface area contributed by atoms with Gasteiger partial charge < -0.3 is 4.90 Å². The minimum Gasteiger partial charge on any atom is -0.308 e. The van der Waals surface area contributed by atoms with E-state index >= 15 is 0 Å². The average Bonchev–Trinajstić information content (AvgIpc) is 3.12. The summed E-state index contributed by atoms with van der Waals surface area (Å²) in [6.45, 7) is 2.24. The van der Waals surface area contributed by atoms with E-state index in [2.05, 4.69) is 141 Å². The fourth-order valence-corrected chi connectivity index (χ4v) is 12.1. The highest BCUT2D eigenvalue weighted by molar-refractivity contribution is 7.82. The molecule has 0 aliphatic carbocycles. The number of hydrogen-bond acceptors (Lipinski definition) is 5. The molecule has 5 nitrogen and oxygen atoms in total. The van der Waals surface area contributed by atoms with Crippen molar-refractivity contribution in [3.05, 3.63) is 152 Å². The second-order valence-corrected chi connectivity index (χ2v) is 15.7. The first kappa shape index (κ1) is 27.2. The topological polar surface area (TPSA) is 54.8 Å². The van der Waals surface area contributed by atoms with Gasteiger partial charge in [0.25, 0.3) is 0 Å². The summed E-state index contributed by atoms with van der Waals surface area (Å²) >= 11 is 0. The summed E-state index contributed by atoms with van der Waals surface area (Å²) in [5.41, 5.74) is 7.07. The lowest BCUT2D eigenvalue weighted by molar-refractivity contribution is 1.17. The van der Waals surface area contributed by atoms with Crippen LogP contribution in [-0.2, 0) is 0 Å². The smallest absolute Gasteiger partial charge is 0.159 e. The van der Waals surface area contributed by atoms with Crippen molar-refractivity contribution in [2.45, 2.75) is 6.92 Å². The van der Waals surface area contributed by atoms with Gasteiger partial charge in [-0.15, -0.1) is 0 Å². The lowest BCUT2D eigenvalue weighted by atomic mass is 10.1. The van der Waals surface area contributed by atoms with Crippen LogP contribution in [0.3, 0.4) is 0 Å². The maximum Gasteiger partial charge on any atom is 0.159 e. The molecule has 7 heteroatoms. The van der Waals surface area contributed by atoms with Crippen molar-refractivity contribution < 1.29 is 0 Å². The quantitative estimate of drug-likeness (QED) is 0.208. The normalized spacial score (nSPS) is 15.9. The molecule has 2 aliphatic heterocycles. The fraction of sp³-hybridized carbons (Fsp3) is 0.0256. The van der Waals surface area contributed by atoms with E-state index in [1.54, 1.807) is 0 Å². The van der Waals surface area contributed by atoms with Crippen LogP contribution in [0, 0.1) is 6.92 Å². The summed E-state index contributed by atoms with van der Waals surface area (Å²) in [7, 11) is -1.72. The van der Waals surface area contributed by atoms with E-state index in [0.717, 1.165) is 22.8 Å². The van der Waals surface area contributed by atoms with Crippen molar-refractivity contribution in [1.29, 1.82) is 0 Å². The molecule has 0 N–H and O–H groups in total. The number of nitrogens with zero attached hydrogens (tertiary/aromatic N) is 5. The van der Waals surface area contributed by atoms with Gasteiger partial charge in [-0.1, -0.05) is 60.7 Å². The van der Waals surface area contributed by atoms with Crippen LogP contribution >= 0.6 is 15.8 Å². The summed E-state index contributed by atoms with van der Waals surface area (Å²) < 4.78 is 0. The molecule has 0 amide bonds. The Bertz CT molecular complexity index is 2070. The summed E-state index contributed by atoms with van der Waals surface area (Å²) in [6.07, 6.45) is 7.25. The maximum absolute atomic E-state index is 4.61. The predicted molar refractivity (Wildman–Crippen MR) is 192 cm³/mol. The highest BCUT2D eigenvalue weighted by Gasteiger charge is 2.41. The fourth-order valence-electron chi connectivity index (χ4n) is 6.61. The Morgan fingerprint density at radius 2 is 0.891 bits per heavy atom. The summed E-state index contributed by atoms with van der Waals surface area (Å²) in [6, 6.07) is 44.1. The Labute approximate surface area is 270 Å². The molecule has 46 heavy (non-hydrogen) atoms. The van der Waals surface area contributed by atoms with Gasteiger partial charge in [-0.2, -0.15) is 0 Å². The van der Waals surface area contributed by atoms with Gasteiger partial charge >= 0.3 is 0 Å². The third-order valence-corrected chi connectivity index (χ3v) is 13.5. The molecule has 4 heterocycles. The second kappa shape index (κ2) is 11.1. The van der Waals surface area contributed by atoms with Crippen LogP contribution in [0.4, 0.5) is 17.1 Å². The first-order valence-electron chi connectivity index (χ1n) is 15.2. The van der Waals surface area contributed by atoms with Crippen LogP contribution in [0.2, 0.25) is 0 Å². The van der Waals surface area contributed by atoms with E-state index in [0.29, 0.717) is 0 Å². The molecular formula is C39H27N5P2. The SMILES string of the molecule is Cc1cc2c3c(c1)P(c1ccccc1)c1cc(-c4ncccn4)ccc1N3c1ccc(-c3ncccn3)cc1P2c1ccccc1. The van der Waals surface area contributed by atoms with Crippen LogP contribution in [0.25, 0.3) is 22.8 Å². The number of hydrogen-bond donors (Lipinski definition) is 0. The number of aromatic nitrogens is 4. The van der Waals surface area contributed by atoms with Crippen molar-refractivity contribution in [3.63, 3.8) is 0 Å². The van der Waals surface area contributed by atoms with Gasteiger partial charge in [-0.3, -0.25) is 0 Å². The molecule has 218 valence electrons. The van der Waals surface area contributed by atoms with E-state index in [-0.39, 0.29) is 0 Å². The Hall–Kier alpha value is -5.08. The first-order valence-corrected chi connectivity index (χ1v) is 17.9. The first-order chi connectivity index (χ1) is 22.7. The van der Waals surface area contributed by atoms with Gasteiger partial charge in [0.05, 0.1) is 17.1 Å². The lowest BCUT2D eigenvalue weighted by Gasteiger charge is -2.45. The monoisotopic (exact) mass is 627 g/mol. The van der Waals surface area contributed by atoms with E-state index in [9.17, 15) is 0 Å². The van der Waals surface area contributed by atoms with E-state index < -0.39 is 15.8 Å². The summed E-state index contributed by atoms with van der Waals surface area (Å²) in [4.78, 5) is 21.0. The zero-order valence-electron chi connectivity index (χ0n) is 25.0. The number of benzene rings is 5. The van der Waals surface area contributed by atoms with E-state index in [1.807, 2.05) is 36.9 Å². The number of aryl methyl sites for hydroxylation is 1. The van der Waals surface area contributed by atoms with Gasteiger partial charge in [0.15, 0.2) is 11.6 Å². The van der Waals surface area contributed by atoms with Gasteiger partial charge in [-0.25, -0.2) is 19.9 Å². The molecule has 9 rings (SSSR count). The van der Waals surface area contributed by atoms with E-state index in [1.165, 1.54) is 54.5 Å². The number of fused-ring (bicyclic) bond motifs is 4. The summed E-state index contributed by atoms with van der Waals surface area (Å²) in [5.74, 6) is 1.48. The predicted octanol–water partition coefficient (Wildman–Crippen LogP) is 6.52. The van der Waals surface area contributed by atoms with Crippen molar-refractivity contribution in [2.24, 2.45) is 0 Å². The lowest BCUT2D eigenvalue weighted by Crippen LogP contribution is -2.43. The highest BCUT2D eigenvalue weighted by Crippen LogP contribution is 2.55. The third-order valence-electron chi connectivity index (χ3n) is 8.51. The maximum atomic E-state index is 4.61. The molecule has 0 saturated heterocycles. The second-order valence-electron chi connectivity index (χ2n) is 11.4. The molecule has 0 spiro atoms. The summed E-state index contributed by atoms with van der Waals surface area (Å²) in [5, 5.41) is 8.07. The van der Waals surface area contributed by atoms with Crippen LogP contribution in [0.5, 0.6) is 0 Å². The average molecular weight is 628 g/mol. The molecule has 2 atom stereocenters. The van der Waals surface area contributed by atoms with Crippen molar-refractivity contribution >= 4 is 64.7 Å². The van der Waals surface area contributed by atoms with Crippen molar-refractivity contribution in [3.8, 4) is 22.8 Å². The van der Waals surface area contributed by atoms with Gasteiger partial charge in [0.1, 0.15) is 0 Å². The van der Waals surface area contributed by atoms with Gasteiger partial charge in [0, 0.05) is 57.1 Å². The van der Waals surface area contributed by atoms with Crippen LogP contribution < -0.4 is 36.7 Å². The minimum atomic E-state index is -0.862. The minimum absolute atomic E-state index is 0.739. The van der Waals surface area contributed by atoms with Crippen LogP contribution in [0.15, 0.2) is 146 Å². The van der Waals surface area contributed by atoms with Gasteiger partial charge in [-0.05, 0) is 99.6 Å². The largest absolute Gasteiger partial charge is 0.308 e. The molecule has 0 fully saturated rings. The third kappa shape index (κ3) is 4.39. The number of rotatable bonds is 4. The zero-order chi connectivity index (χ0) is 30.6. The van der Waals surface area contributed by atoms with Crippen LogP contribution in [-0.4, -0.2) is 19.9 Å². The standard InChI is InChI=1S/C39H27N5P2/c1-26-22-35-37-36(23-26)46(30-12-6-3-7-13-30)34-25-28(39-42-20-9-21-43-39)15-17-32(34)44(37)31-16-14-27(38-40-18-8-19-41-38)24-33(31)45(35)29-10-4-2-5-11-29/h2-25H,1H3. The molecule has 0 saturated carbocycles. The molecule has 0 radical (unpaired) electrons. The van der Waals surface area contributed by atoms with Crippen molar-refractivity contribution in [2.75, 3.05) is 4.90 Å². The Morgan fingerprint density at radius 1 is 0.457 bits per heavy atom.